The van der Waals surface area contributed by atoms with Crippen LogP contribution < -0.4 is 5.32 Å². The number of halogens is 1. The maximum absolute atomic E-state index is 11.0. The van der Waals surface area contributed by atoms with Crippen molar-refractivity contribution in [3.05, 3.63) is 28.8 Å². The van der Waals surface area contributed by atoms with Crippen LogP contribution in [-0.2, 0) is 11.3 Å². The Morgan fingerprint density at radius 3 is 2.74 bits per heavy atom. The van der Waals surface area contributed by atoms with Crippen molar-refractivity contribution in [2.45, 2.75) is 32.4 Å². The van der Waals surface area contributed by atoms with Crippen LogP contribution in [0.15, 0.2) is 18.2 Å². The zero-order valence-electron chi connectivity index (χ0n) is 11.0. The lowest BCUT2D eigenvalue weighted by Crippen LogP contribution is -2.43. The zero-order valence-corrected chi connectivity index (χ0v) is 11.8. The van der Waals surface area contributed by atoms with Crippen LogP contribution in [0.2, 0.25) is 5.02 Å². The summed E-state index contributed by atoms with van der Waals surface area (Å²) in [6, 6.07) is 5.46. The molecular weight excluding hydrogens is 264 g/mol. The van der Waals surface area contributed by atoms with E-state index in [1.54, 1.807) is 25.1 Å². The normalized spacial score (nSPS) is 17.4. The first kappa shape index (κ1) is 14.2. The predicted molar refractivity (Wildman–Crippen MR) is 75.2 cm³/mol. The molecule has 0 saturated carbocycles. The van der Waals surface area contributed by atoms with E-state index in [-0.39, 0.29) is 17.7 Å². The highest BCUT2D eigenvalue weighted by Crippen LogP contribution is 2.27. The number of amides is 1. The maximum atomic E-state index is 11.0. The zero-order chi connectivity index (χ0) is 13.8. The minimum atomic E-state index is 0.0298. The smallest absolute Gasteiger partial charge is 0.217 e. The Balaban J connectivity index is 1.91. The second-order valence-electron chi connectivity index (χ2n) is 4.99. The number of phenolic OH excluding ortho intramolecular Hbond substituents is 1. The number of piperidine rings is 1. The number of likely N-dealkylation sites (tertiary alicyclic amines) is 1. The van der Waals surface area contributed by atoms with Crippen LogP contribution in [0.25, 0.3) is 0 Å². The number of hydrogen-bond donors (Lipinski definition) is 2. The summed E-state index contributed by atoms with van der Waals surface area (Å²) in [7, 11) is 0. The van der Waals surface area contributed by atoms with Crippen molar-refractivity contribution in [2.24, 2.45) is 0 Å². The van der Waals surface area contributed by atoms with Crippen LogP contribution in [0.1, 0.15) is 25.3 Å². The minimum absolute atomic E-state index is 0.0298. The number of hydrogen-bond acceptors (Lipinski definition) is 3. The summed E-state index contributed by atoms with van der Waals surface area (Å²) in [6.07, 6.45) is 1.87. The highest BCUT2D eigenvalue weighted by atomic mass is 35.5. The molecule has 1 fully saturated rings. The summed E-state index contributed by atoms with van der Waals surface area (Å²) in [5.74, 6) is 0.277. The van der Waals surface area contributed by atoms with Crippen LogP contribution in [-0.4, -0.2) is 35.0 Å². The Morgan fingerprint density at radius 2 is 2.16 bits per heavy atom. The Labute approximate surface area is 118 Å². The second kappa shape index (κ2) is 6.26. The first-order valence-electron chi connectivity index (χ1n) is 6.52. The third-order valence-corrected chi connectivity index (χ3v) is 3.82. The van der Waals surface area contributed by atoms with Gasteiger partial charge in [-0.2, -0.15) is 0 Å². The molecule has 0 aromatic heterocycles. The quantitative estimate of drug-likeness (QED) is 0.893. The number of nitrogens with zero attached hydrogens (tertiary/aromatic N) is 1. The second-order valence-corrected chi connectivity index (χ2v) is 5.40. The van der Waals surface area contributed by atoms with Gasteiger partial charge >= 0.3 is 0 Å². The molecule has 1 aliphatic heterocycles. The molecule has 0 radical (unpaired) electrons. The molecule has 4 nitrogen and oxygen atoms in total. The van der Waals surface area contributed by atoms with E-state index in [0.717, 1.165) is 31.5 Å². The average molecular weight is 283 g/mol. The van der Waals surface area contributed by atoms with Gasteiger partial charge in [0.25, 0.3) is 0 Å². The van der Waals surface area contributed by atoms with E-state index in [4.69, 9.17) is 11.6 Å². The molecule has 1 heterocycles. The van der Waals surface area contributed by atoms with Gasteiger partial charge in [-0.25, -0.2) is 0 Å². The number of benzene rings is 1. The lowest BCUT2D eigenvalue weighted by Gasteiger charge is -2.32. The Morgan fingerprint density at radius 1 is 1.47 bits per heavy atom. The highest BCUT2D eigenvalue weighted by molar-refractivity contribution is 6.31. The van der Waals surface area contributed by atoms with Gasteiger partial charge in [0.1, 0.15) is 5.75 Å². The van der Waals surface area contributed by atoms with Gasteiger partial charge in [-0.15, -0.1) is 0 Å². The summed E-state index contributed by atoms with van der Waals surface area (Å²) in [5.41, 5.74) is 0.780. The highest BCUT2D eigenvalue weighted by Gasteiger charge is 2.21. The number of aromatic hydroxyl groups is 1. The third-order valence-electron chi connectivity index (χ3n) is 3.47. The van der Waals surface area contributed by atoms with E-state index >= 15 is 0 Å². The molecule has 0 bridgehead atoms. The van der Waals surface area contributed by atoms with E-state index in [1.807, 2.05) is 0 Å². The summed E-state index contributed by atoms with van der Waals surface area (Å²) in [5, 5.41) is 13.4. The predicted octanol–water partition coefficient (Wildman–Crippen LogP) is 2.15. The van der Waals surface area contributed by atoms with Crippen molar-refractivity contribution in [1.29, 1.82) is 0 Å². The number of nitrogens with one attached hydrogen (secondary N) is 1. The molecule has 0 atom stereocenters. The Bertz CT molecular complexity index is 437. The Hall–Kier alpha value is -1.26. The van der Waals surface area contributed by atoms with E-state index in [9.17, 15) is 9.90 Å². The van der Waals surface area contributed by atoms with Gasteiger partial charge in [0.15, 0.2) is 0 Å². The summed E-state index contributed by atoms with van der Waals surface area (Å²) >= 11 is 6.10. The molecule has 1 aromatic carbocycles. The number of carbonyl (C=O) groups is 1. The fourth-order valence-electron chi connectivity index (χ4n) is 2.45. The van der Waals surface area contributed by atoms with Crippen molar-refractivity contribution >= 4 is 17.5 Å². The third kappa shape index (κ3) is 3.85. The molecule has 0 unspecified atom stereocenters. The van der Waals surface area contributed by atoms with E-state index < -0.39 is 0 Å². The largest absolute Gasteiger partial charge is 0.508 e. The van der Waals surface area contributed by atoms with Gasteiger partial charge in [0, 0.05) is 43.2 Å². The molecule has 1 aromatic rings. The van der Waals surface area contributed by atoms with E-state index in [1.165, 1.54) is 0 Å². The van der Waals surface area contributed by atoms with Crippen molar-refractivity contribution < 1.29 is 9.90 Å². The molecule has 0 aliphatic carbocycles. The van der Waals surface area contributed by atoms with Crippen molar-refractivity contribution in [2.75, 3.05) is 13.1 Å². The van der Waals surface area contributed by atoms with Crippen LogP contribution in [0.5, 0.6) is 5.75 Å². The Kier molecular flexibility index (Phi) is 4.66. The molecule has 1 saturated heterocycles. The average Bonchev–Trinajstić information content (AvgIpc) is 2.35. The van der Waals surface area contributed by atoms with Crippen LogP contribution >= 0.6 is 11.6 Å². The molecule has 1 aliphatic rings. The van der Waals surface area contributed by atoms with Gasteiger partial charge in [0.05, 0.1) is 0 Å². The standard InChI is InChI=1S/C14H19ClN2O2/c1-10(18)16-11-5-7-17(8-6-11)9-12-13(15)3-2-4-14(12)19/h2-4,11,19H,5-9H2,1H3,(H,16,18). The fraction of sp³-hybridized carbons (Fsp3) is 0.500. The lowest BCUT2D eigenvalue weighted by molar-refractivity contribution is -0.119. The van der Waals surface area contributed by atoms with Gasteiger partial charge in [-0.05, 0) is 25.0 Å². The number of carbonyl (C=O) groups excluding carboxylic acids is 1. The topological polar surface area (TPSA) is 52.6 Å². The van der Waals surface area contributed by atoms with E-state index in [0.29, 0.717) is 11.6 Å². The summed E-state index contributed by atoms with van der Waals surface area (Å²) in [4.78, 5) is 13.2. The molecule has 5 heteroatoms. The van der Waals surface area contributed by atoms with Gasteiger partial charge < -0.3 is 10.4 Å². The monoisotopic (exact) mass is 282 g/mol. The molecule has 104 valence electrons. The minimum Gasteiger partial charge on any atom is -0.508 e. The number of rotatable bonds is 3. The molecule has 19 heavy (non-hydrogen) atoms. The first-order chi connectivity index (χ1) is 9.06. The molecule has 0 spiro atoms. The fourth-order valence-corrected chi connectivity index (χ4v) is 2.68. The van der Waals surface area contributed by atoms with Crippen molar-refractivity contribution in [3.63, 3.8) is 0 Å². The van der Waals surface area contributed by atoms with Crippen molar-refractivity contribution in [1.82, 2.24) is 10.2 Å². The van der Waals surface area contributed by atoms with Crippen LogP contribution in [0, 0.1) is 0 Å². The van der Waals surface area contributed by atoms with E-state index in [2.05, 4.69) is 10.2 Å². The molecule has 2 rings (SSSR count). The number of phenols is 1. The summed E-state index contributed by atoms with van der Waals surface area (Å²) in [6.45, 7) is 4.00. The molecular formula is C14H19ClN2O2. The maximum Gasteiger partial charge on any atom is 0.217 e. The molecule has 2 N–H and O–H groups in total. The molecule has 1 amide bonds. The first-order valence-corrected chi connectivity index (χ1v) is 6.90. The van der Waals surface area contributed by atoms with Gasteiger partial charge in [-0.1, -0.05) is 17.7 Å². The van der Waals surface area contributed by atoms with Gasteiger partial charge in [-0.3, -0.25) is 9.69 Å². The van der Waals surface area contributed by atoms with Gasteiger partial charge in [0.2, 0.25) is 5.91 Å². The van der Waals surface area contributed by atoms with Crippen molar-refractivity contribution in [3.8, 4) is 5.75 Å². The van der Waals surface area contributed by atoms with Crippen LogP contribution in [0.3, 0.4) is 0 Å². The SMILES string of the molecule is CC(=O)NC1CCN(Cc2c(O)cccc2Cl)CC1. The lowest BCUT2D eigenvalue weighted by atomic mass is 10.0. The summed E-state index contributed by atoms with van der Waals surface area (Å²) < 4.78 is 0. The van der Waals surface area contributed by atoms with Crippen LogP contribution in [0.4, 0.5) is 0 Å².